The van der Waals surface area contributed by atoms with Gasteiger partial charge in [-0.15, -0.1) is 24.0 Å². The van der Waals surface area contributed by atoms with Crippen LogP contribution in [0.4, 0.5) is 0 Å². The van der Waals surface area contributed by atoms with E-state index in [9.17, 15) is 0 Å². The SMILES string of the molecule is CN=C(NCCCc1nc2ccccc2[nH]1)NCCCC(C)C.I. The number of aromatic amines is 1. The Morgan fingerprint density at radius 1 is 1.17 bits per heavy atom. The van der Waals surface area contributed by atoms with Crippen molar-refractivity contribution in [2.24, 2.45) is 10.9 Å². The lowest BCUT2D eigenvalue weighted by molar-refractivity contribution is 0.549. The molecule has 5 nitrogen and oxygen atoms in total. The molecule has 1 heterocycles. The van der Waals surface area contributed by atoms with Gasteiger partial charge in [0.15, 0.2) is 5.96 Å². The van der Waals surface area contributed by atoms with Crippen LogP contribution in [-0.4, -0.2) is 36.1 Å². The molecule has 24 heavy (non-hydrogen) atoms. The van der Waals surface area contributed by atoms with Crippen LogP contribution in [0.3, 0.4) is 0 Å². The van der Waals surface area contributed by atoms with Crippen LogP contribution in [0.2, 0.25) is 0 Å². The molecule has 0 saturated heterocycles. The van der Waals surface area contributed by atoms with Gasteiger partial charge in [-0.1, -0.05) is 26.0 Å². The molecule has 0 radical (unpaired) electrons. The molecular weight excluding hydrogens is 413 g/mol. The largest absolute Gasteiger partial charge is 0.356 e. The third kappa shape index (κ3) is 7.07. The molecule has 0 bridgehead atoms. The molecule has 1 aromatic heterocycles. The number of aliphatic imine (C=N–C) groups is 1. The van der Waals surface area contributed by atoms with E-state index in [0.29, 0.717) is 0 Å². The number of imidazole rings is 1. The summed E-state index contributed by atoms with van der Waals surface area (Å²) >= 11 is 0. The highest BCUT2D eigenvalue weighted by molar-refractivity contribution is 14.0. The molecule has 0 amide bonds. The zero-order chi connectivity index (χ0) is 16.5. The highest BCUT2D eigenvalue weighted by Gasteiger charge is 2.02. The topological polar surface area (TPSA) is 65.1 Å². The summed E-state index contributed by atoms with van der Waals surface area (Å²) in [6.07, 6.45) is 4.38. The van der Waals surface area contributed by atoms with Crippen molar-refractivity contribution in [3.8, 4) is 0 Å². The number of rotatable bonds is 8. The molecule has 0 aliphatic heterocycles. The number of guanidine groups is 1. The monoisotopic (exact) mass is 443 g/mol. The summed E-state index contributed by atoms with van der Waals surface area (Å²) in [6.45, 7) is 6.37. The van der Waals surface area contributed by atoms with Crippen LogP contribution in [0.15, 0.2) is 29.3 Å². The van der Waals surface area contributed by atoms with Gasteiger partial charge in [-0.25, -0.2) is 4.98 Å². The van der Waals surface area contributed by atoms with Crippen LogP contribution >= 0.6 is 24.0 Å². The Kier molecular flexibility index (Phi) is 9.75. The van der Waals surface area contributed by atoms with Gasteiger partial charge in [-0.2, -0.15) is 0 Å². The Labute approximate surface area is 162 Å². The van der Waals surface area contributed by atoms with Crippen LogP contribution < -0.4 is 10.6 Å². The van der Waals surface area contributed by atoms with Crippen LogP contribution in [-0.2, 0) is 6.42 Å². The third-order valence-electron chi connectivity index (χ3n) is 3.80. The molecule has 0 atom stereocenters. The highest BCUT2D eigenvalue weighted by Crippen LogP contribution is 2.11. The molecule has 0 fully saturated rings. The number of hydrogen-bond donors (Lipinski definition) is 3. The average molecular weight is 443 g/mol. The molecule has 6 heteroatoms. The molecule has 2 aromatic rings. The van der Waals surface area contributed by atoms with Gasteiger partial charge in [-0.05, 0) is 37.3 Å². The van der Waals surface area contributed by atoms with Crippen molar-refractivity contribution in [3.05, 3.63) is 30.1 Å². The first kappa shape index (κ1) is 20.7. The molecule has 0 spiro atoms. The van der Waals surface area contributed by atoms with E-state index in [4.69, 9.17) is 0 Å². The van der Waals surface area contributed by atoms with Crippen molar-refractivity contribution in [1.82, 2.24) is 20.6 Å². The Hall–Kier alpha value is -1.31. The number of para-hydroxylation sites is 2. The minimum Gasteiger partial charge on any atom is -0.356 e. The number of halogens is 1. The molecule has 0 aliphatic carbocycles. The van der Waals surface area contributed by atoms with Gasteiger partial charge in [0.2, 0.25) is 0 Å². The molecule has 0 unspecified atom stereocenters. The molecular formula is C18H30IN5. The first-order chi connectivity index (χ1) is 11.2. The predicted octanol–water partition coefficient (Wildman–Crippen LogP) is 3.71. The third-order valence-corrected chi connectivity index (χ3v) is 3.80. The van der Waals surface area contributed by atoms with Crippen molar-refractivity contribution < 1.29 is 0 Å². The number of nitrogens with one attached hydrogen (secondary N) is 3. The number of aromatic nitrogens is 2. The van der Waals surface area contributed by atoms with Crippen molar-refractivity contribution >= 4 is 41.0 Å². The van der Waals surface area contributed by atoms with E-state index in [-0.39, 0.29) is 24.0 Å². The van der Waals surface area contributed by atoms with Crippen LogP contribution in [0, 0.1) is 5.92 Å². The zero-order valence-corrected chi connectivity index (χ0v) is 17.3. The quantitative estimate of drug-likeness (QED) is 0.252. The summed E-state index contributed by atoms with van der Waals surface area (Å²) in [4.78, 5) is 12.2. The number of benzene rings is 1. The number of nitrogens with zero attached hydrogens (tertiary/aromatic N) is 2. The standard InChI is InChI=1S/C18H29N5.HI/c1-14(2)8-6-12-20-18(19-3)21-13-7-11-17-22-15-9-4-5-10-16(15)23-17;/h4-5,9-10,14H,6-8,11-13H2,1-3H3,(H,22,23)(H2,19,20,21);1H. The van der Waals surface area contributed by atoms with Gasteiger partial charge in [-0.3, -0.25) is 4.99 Å². The number of H-pyrrole nitrogens is 1. The Morgan fingerprint density at radius 2 is 1.88 bits per heavy atom. The summed E-state index contributed by atoms with van der Waals surface area (Å²) < 4.78 is 0. The number of hydrogen-bond acceptors (Lipinski definition) is 2. The van der Waals surface area contributed by atoms with Crippen LogP contribution in [0.1, 0.15) is 38.9 Å². The second-order valence-electron chi connectivity index (χ2n) is 6.27. The first-order valence-corrected chi connectivity index (χ1v) is 8.57. The Bertz CT molecular complexity index is 588. The fraction of sp³-hybridized carbons (Fsp3) is 0.556. The molecule has 1 aromatic carbocycles. The van der Waals surface area contributed by atoms with E-state index in [1.807, 2.05) is 25.2 Å². The average Bonchev–Trinajstić information content (AvgIpc) is 2.95. The summed E-state index contributed by atoms with van der Waals surface area (Å²) in [6, 6.07) is 8.15. The lowest BCUT2D eigenvalue weighted by Crippen LogP contribution is -2.38. The fourth-order valence-corrected chi connectivity index (χ4v) is 2.52. The number of aryl methyl sites for hydroxylation is 1. The summed E-state index contributed by atoms with van der Waals surface area (Å²) in [5, 5.41) is 6.72. The van der Waals surface area contributed by atoms with E-state index in [0.717, 1.165) is 54.7 Å². The van der Waals surface area contributed by atoms with Crippen LogP contribution in [0.25, 0.3) is 11.0 Å². The summed E-state index contributed by atoms with van der Waals surface area (Å²) in [5.74, 6) is 2.70. The van der Waals surface area contributed by atoms with E-state index in [1.165, 1.54) is 12.8 Å². The predicted molar refractivity (Wildman–Crippen MR) is 113 cm³/mol. The molecule has 0 saturated carbocycles. The maximum Gasteiger partial charge on any atom is 0.190 e. The normalized spacial score (nSPS) is 11.6. The molecule has 3 N–H and O–H groups in total. The van der Waals surface area contributed by atoms with Gasteiger partial charge in [0.1, 0.15) is 5.82 Å². The molecule has 2 rings (SSSR count). The second-order valence-corrected chi connectivity index (χ2v) is 6.27. The smallest absolute Gasteiger partial charge is 0.190 e. The fourth-order valence-electron chi connectivity index (χ4n) is 2.52. The lowest BCUT2D eigenvalue weighted by atomic mass is 10.1. The van der Waals surface area contributed by atoms with Gasteiger partial charge in [0.25, 0.3) is 0 Å². The highest BCUT2D eigenvalue weighted by atomic mass is 127. The number of fused-ring (bicyclic) bond motifs is 1. The van der Waals surface area contributed by atoms with E-state index >= 15 is 0 Å². The van der Waals surface area contributed by atoms with E-state index in [1.54, 1.807) is 0 Å². The minimum atomic E-state index is 0. The summed E-state index contributed by atoms with van der Waals surface area (Å²) in [5.41, 5.74) is 2.15. The zero-order valence-electron chi connectivity index (χ0n) is 14.9. The van der Waals surface area contributed by atoms with E-state index in [2.05, 4.69) is 45.5 Å². The summed E-state index contributed by atoms with van der Waals surface area (Å²) in [7, 11) is 1.82. The minimum absolute atomic E-state index is 0. The molecule has 134 valence electrons. The van der Waals surface area contributed by atoms with Crippen molar-refractivity contribution in [2.45, 2.75) is 39.5 Å². The van der Waals surface area contributed by atoms with E-state index < -0.39 is 0 Å². The maximum atomic E-state index is 4.60. The maximum absolute atomic E-state index is 4.60. The van der Waals surface area contributed by atoms with Crippen molar-refractivity contribution in [2.75, 3.05) is 20.1 Å². The molecule has 0 aliphatic rings. The Balaban J connectivity index is 0.00000288. The van der Waals surface area contributed by atoms with Gasteiger partial charge < -0.3 is 15.6 Å². The van der Waals surface area contributed by atoms with Crippen LogP contribution in [0.5, 0.6) is 0 Å². The first-order valence-electron chi connectivity index (χ1n) is 8.57. The van der Waals surface area contributed by atoms with Gasteiger partial charge in [0.05, 0.1) is 11.0 Å². The van der Waals surface area contributed by atoms with Crippen molar-refractivity contribution in [1.29, 1.82) is 0 Å². The lowest BCUT2D eigenvalue weighted by Gasteiger charge is -2.12. The van der Waals surface area contributed by atoms with Gasteiger partial charge in [0, 0.05) is 26.6 Å². The second kappa shape index (κ2) is 11.3. The van der Waals surface area contributed by atoms with Crippen molar-refractivity contribution in [3.63, 3.8) is 0 Å². The Morgan fingerprint density at radius 3 is 2.54 bits per heavy atom. The van der Waals surface area contributed by atoms with Gasteiger partial charge >= 0.3 is 0 Å².